The lowest BCUT2D eigenvalue weighted by molar-refractivity contribution is 0.0939. The number of guanidine groups is 1. The Morgan fingerprint density at radius 2 is 2.00 bits per heavy atom. The van der Waals surface area contributed by atoms with Gasteiger partial charge in [0.2, 0.25) is 0 Å². The molecular weight excluding hydrogens is 276 g/mol. The molecule has 0 saturated heterocycles. The molecule has 0 spiro atoms. The summed E-state index contributed by atoms with van der Waals surface area (Å²) in [5.41, 5.74) is 7.61. The lowest BCUT2D eigenvalue weighted by Crippen LogP contribution is -2.37. The van der Waals surface area contributed by atoms with Gasteiger partial charge in [-0.25, -0.2) is 4.99 Å². The molecular formula is C17H28N4O. The lowest BCUT2D eigenvalue weighted by atomic mass is 10.1. The van der Waals surface area contributed by atoms with Crippen LogP contribution in [0.2, 0.25) is 0 Å². The van der Waals surface area contributed by atoms with Crippen LogP contribution in [0.25, 0.3) is 0 Å². The predicted molar refractivity (Wildman–Crippen MR) is 91.9 cm³/mol. The maximum absolute atomic E-state index is 12.1. The zero-order valence-corrected chi connectivity index (χ0v) is 14.1. The lowest BCUT2D eigenvalue weighted by Gasteiger charge is -2.19. The van der Waals surface area contributed by atoms with Crippen LogP contribution in [0.15, 0.2) is 29.3 Å². The number of nitrogens with two attached hydrogens (primary N) is 1. The second-order valence-corrected chi connectivity index (χ2v) is 5.33. The molecule has 0 heterocycles. The Morgan fingerprint density at radius 1 is 1.32 bits per heavy atom. The Morgan fingerprint density at radius 3 is 2.59 bits per heavy atom. The van der Waals surface area contributed by atoms with Gasteiger partial charge in [-0.1, -0.05) is 19.1 Å². The van der Waals surface area contributed by atoms with E-state index in [-0.39, 0.29) is 11.9 Å². The van der Waals surface area contributed by atoms with Crippen LogP contribution in [0.4, 0.5) is 0 Å². The highest BCUT2D eigenvalue weighted by Crippen LogP contribution is 2.08. The van der Waals surface area contributed by atoms with Gasteiger partial charge in [0.1, 0.15) is 0 Å². The zero-order chi connectivity index (χ0) is 16.5. The van der Waals surface area contributed by atoms with Crippen molar-refractivity contribution in [3.63, 3.8) is 0 Å². The van der Waals surface area contributed by atoms with E-state index in [1.165, 1.54) is 0 Å². The molecule has 1 atom stereocenters. The fourth-order valence-electron chi connectivity index (χ4n) is 2.04. The maximum atomic E-state index is 12.1. The molecule has 1 aromatic rings. The summed E-state index contributed by atoms with van der Waals surface area (Å²) >= 11 is 0. The van der Waals surface area contributed by atoms with Crippen molar-refractivity contribution in [2.24, 2.45) is 10.7 Å². The average Bonchev–Trinajstić information content (AvgIpc) is 2.54. The molecule has 0 fully saturated rings. The summed E-state index contributed by atoms with van der Waals surface area (Å²) in [5.74, 6) is 0.497. The molecule has 1 aromatic carbocycles. The Hall–Kier alpha value is -2.04. The molecule has 0 aliphatic rings. The Balaban J connectivity index is 2.76. The third-order valence-electron chi connectivity index (χ3n) is 3.69. The van der Waals surface area contributed by atoms with Crippen molar-refractivity contribution in [1.29, 1.82) is 0 Å². The highest BCUT2D eigenvalue weighted by molar-refractivity contribution is 5.94. The zero-order valence-electron chi connectivity index (χ0n) is 14.1. The smallest absolute Gasteiger partial charge is 0.251 e. The fourth-order valence-corrected chi connectivity index (χ4v) is 2.04. The number of nitrogens with zero attached hydrogens (tertiary/aromatic N) is 2. The van der Waals surface area contributed by atoms with Crippen molar-refractivity contribution in [2.45, 2.75) is 46.7 Å². The van der Waals surface area contributed by atoms with Crippen LogP contribution in [0, 0.1) is 0 Å². The number of carbonyl (C=O) groups excluding carboxylic acids is 1. The standard InChI is InChI=1S/C17H28N4O/c1-5-13(4)20-16(22)15-10-8-9-14(11-15)12-19-17(18)21(6-2)7-3/h8-11,13H,5-7,12H2,1-4H3,(H2,18,19)(H,20,22). The molecule has 0 aliphatic heterocycles. The number of aliphatic imine (C=N–C) groups is 1. The van der Waals surface area contributed by atoms with Gasteiger partial charge >= 0.3 is 0 Å². The van der Waals surface area contributed by atoms with Gasteiger partial charge in [-0.15, -0.1) is 0 Å². The van der Waals surface area contributed by atoms with Gasteiger partial charge in [-0.05, 0) is 44.9 Å². The molecule has 122 valence electrons. The van der Waals surface area contributed by atoms with Crippen molar-refractivity contribution in [3.05, 3.63) is 35.4 Å². The number of benzene rings is 1. The largest absolute Gasteiger partial charge is 0.370 e. The molecule has 0 aromatic heterocycles. The topological polar surface area (TPSA) is 70.7 Å². The van der Waals surface area contributed by atoms with Gasteiger partial charge in [0, 0.05) is 24.7 Å². The van der Waals surface area contributed by atoms with Crippen LogP contribution < -0.4 is 11.1 Å². The third-order valence-corrected chi connectivity index (χ3v) is 3.69. The number of rotatable bonds is 7. The van der Waals surface area contributed by atoms with Crippen molar-refractivity contribution in [1.82, 2.24) is 10.2 Å². The summed E-state index contributed by atoms with van der Waals surface area (Å²) < 4.78 is 0. The molecule has 1 rings (SSSR count). The summed E-state index contributed by atoms with van der Waals surface area (Å²) in [4.78, 5) is 18.5. The molecule has 5 nitrogen and oxygen atoms in total. The van der Waals surface area contributed by atoms with E-state index in [0.717, 1.165) is 25.1 Å². The minimum absolute atomic E-state index is 0.0445. The van der Waals surface area contributed by atoms with Crippen LogP contribution in [0.5, 0.6) is 0 Å². The summed E-state index contributed by atoms with van der Waals surface area (Å²) in [6.07, 6.45) is 0.913. The molecule has 22 heavy (non-hydrogen) atoms. The summed E-state index contributed by atoms with van der Waals surface area (Å²) in [6.45, 7) is 10.3. The van der Waals surface area contributed by atoms with E-state index in [4.69, 9.17) is 5.73 Å². The van der Waals surface area contributed by atoms with Crippen molar-refractivity contribution < 1.29 is 4.79 Å². The third kappa shape index (κ3) is 5.39. The second kappa shape index (κ2) is 9.07. The predicted octanol–water partition coefficient (Wildman–Crippen LogP) is 2.37. The Labute approximate surface area is 133 Å². The van der Waals surface area contributed by atoms with Gasteiger partial charge in [-0.3, -0.25) is 4.79 Å². The fraction of sp³-hybridized carbons (Fsp3) is 0.529. The van der Waals surface area contributed by atoms with Crippen molar-refractivity contribution >= 4 is 11.9 Å². The van der Waals surface area contributed by atoms with Crippen molar-refractivity contribution in [3.8, 4) is 0 Å². The molecule has 0 bridgehead atoms. The number of nitrogens with one attached hydrogen (secondary N) is 1. The quantitative estimate of drug-likeness (QED) is 0.600. The molecule has 0 radical (unpaired) electrons. The normalized spacial score (nSPS) is 12.8. The average molecular weight is 304 g/mol. The summed E-state index contributed by atoms with van der Waals surface area (Å²) in [7, 11) is 0. The highest BCUT2D eigenvalue weighted by atomic mass is 16.1. The van der Waals surface area contributed by atoms with Crippen LogP contribution in [-0.4, -0.2) is 35.9 Å². The minimum atomic E-state index is -0.0445. The van der Waals surface area contributed by atoms with E-state index in [9.17, 15) is 4.79 Å². The van der Waals surface area contributed by atoms with Gasteiger partial charge in [0.25, 0.3) is 5.91 Å². The molecule has 0 aliphatic carbocycles. The molecule has 1 amide bonds. The number of hydrogen-bond acceptors (Lipinski definition) is 2. The SMILES string of the molecule is CCC(C)NC(=O)c1cccc(CN=C(N)N(CC)CC)c1. The number of hydrogen-bond donors (Lipinski definition) is 2. The van der Waals surface area contributed by atoms with Gasteiger partial charge in [0.05, 0.1) is 6.54 Å². The van der Waals surface area contributed by atoms with Gasteiger partial charge in [-0.2, -0.15) is 0 Å². The first-order valence-electron chi connectivity index (χ1n) is 7.96. The van der Waals surface area contributed by atoms with Crippen LogP contribution in [0.1, 0.15) is 50.0 Å². The second-order valence-electron chi connectivity index (χ2n) is 5.33. The monoisotopic (exact) mass is 304 g/mol. The maximum Gasteiger partial charge on any atom is 0.251 e. The molecule has 0 saturated carbocycles. The summed E-state index contributed by atoms with van der Waals surface area (Å²) in [6, 6.07) is 7.70. The Bertz CT molecular complexity index is 509. The van der Waals surface area contributed by atoms with Crippen molar-refractivity contribution in [2.75, 3.05) is 13.1 Å². The van der Waals surface area contributed by atoms with E-state index >= 15 is 0 Å². The van der Waals surface area contributed by atoms with Crippen LogP contribution >= 0.6 is 0 Å². The number of amides is 1. The minimum Gasteiger partial charge on any atom is -0.370 e. The summed E-state index contributed by atoms with van der Waals surface area (Å²) in [5, 5.41) is 2.97. The number of carbonyl (C=O) groups is 1. The first-order chi connectivity index (χ1) is 10.5. The van der Waals surface area contributed by atoms with Crippen LogP contribution in [0.3, 0.4) is 0 Å². The highest BCUT2D eigenvalue weighted by Gasteiger charge is 2.09. The van der Waals surface area contributed by atoms with Gasteiger partial charge < -0.3 is 16.0 Å². The van der Waals surface area contributed by atoms with E-state index < -0.39 is 0 Å². The van der Waals surface area contributed by atoms with E-state index in [1.54, 1.807) is 0 Å². The molecule has 3 N–H and O–H groups in total. The molecule has 1 unspecified atom stereocenters. The first kappa shape index (κ1) is 18.0. The Kier molecular flexibility index (Phi) is 7.43. The van der Waals surface area contributed by atoms with E-state index in [0.29, 0.717) is 18.1 Å². The first-order valence-corrected chi connectivity index (χ1v) is 7.96. The molecule has 5 heteroatoms. The van der Waals surface area contributed by atoms with E-state index in [1.807, 2.05) is 56.9 Å². The van der Waals surface area contributed by atoms with Gasteiger partial charge in [0.15, 0.2) is 5.96 Å². The van der Waals surface area contributed by atoms with Crippen LogP contribution in [-0.2, 0) is 6.54 Å². The van der Waals surface area contributed by atoms with E-state index in [2.05, 4.69) is 10.3 Å².